The Bertz CT molecular complexity index is 883. The van der Waals surface area contributed by atoms with E-state index >= 15 is 0 Å². The minimum atomic E-state index is 0.423. The van der Waals surface area contributed by atoms with E-state index in [0.29, 0.717) is 12.2 Å². The molecule has 4 rings (SSSR count). The summed E-state index contributed by atoms with van der Waals surface area (Å²) in [6.45, 7) is 4.11. The minimum absolute atomic E-state index is 0.423. The van der Waals surface area contributed by atoms with E-state index in [0.717, 1.165) is 28.2 Å². The summed E-state index contributed by atoms with van der Waals surface area (Å²) in [7, 11) is 0. The number of rotatable bonds is 9. The molecule has 0 heterocycles. The average Bonchev–Trinajstić information content (AvgIpc) is 3.63. The van der Waals surface area contributed by atoms with E-state index in [9.17, 15) is 0 Å². The van der Waals surface area contributed by atoms with Crippen LogP contribution in [0, 0.1) is 0 Å². The van der Waals surface area contributed by atoms with E-state index in [2.05, 4.69) is 11.6 Å². The first-order valence-electron chi connectivity index (χ1n) is 9.85. The maximum atomic E-state index is 5.76. The Kier molecular flexibility index (Phi) is 5.72. The summed E-state index contributed by atoms with van der Waals surface area (Å²) >= 11 is 0. The summed E-state index contributed by atoms with van der Waals surface area (Å²) in [4.78, 5) is 4.28. The van der Waals surface area contributed by atoms with E-state index < -0.39 is 0 Å². The molecule has 0 aromatic heterocycles. The van der Waals surface area contributed by atoms with Crippen LogP contribution in [0.25, 0.3) is 11.6 Å². The molecular formula is C25H25NO2. The normalized spacial score (nSPS) is 16.9. The van der Waals surface area contributed by atoms with Gasteiger partial charge in [0.2, 0.25) is 0 Å². The highest BCUT2D eigenvalue weighted by Gasteiger charge is 2.23. The molecule has 2 aliphatic rings. The largest absolute Gasteiger partial charge is 0.490 e. The summed E-state index contributed by atoms with van der Waals surface area (Å²) in [5, 5.41) is 0. The number of ether oxygens (including phenoxy) is 2. The zero-order valence-corrected chi connectivity index (χ0v) is 16.0. The SMILES string of the molecule is C=C(\C=C/C=N\C=C\c1ccc(OC2CC2)cc1)c1ccc(OC2CC2)cc1. The van der Waals surface area contributed by atoms with Gasteiger partial charge in [-0.1, -0.05) is 36.9 Å². The Labute approximate surface area is 166 Å². The van der Waals surface area contributed by atoms with Gasteiger partial charge in [0.1, 0.15) is 11.5 Å². The van der Waals surface area contributed by atoms with Crippen molar-refractivity contribution in [2.45, 2.75) is 37.9 Å². The molecule has 0 aliphatic heterocycles. The molecular weight excluding hydrogens is 346 g/mol. The molecule has 28 heavy (non-hydrogen) atoms. The average molecular weight is 371 g/mol. The summed E-state index contributed by atoms with van der Waals surface area (Å²) in [5.41, 5.74) is 3.12. The topological polar surface area (TPSA) is 30.8 Å². The third kappa shape index (κ3) is 5.71. The monoisotopic (exact) mass is 371 g/mol. The van der Waals surface area contributed by atoms with Gasteiger partial charge in [-0.05, 0) is 78.8 Å². The third-order valence-corrected chi connectivity index (χ3v) is 4.58. The second kappa shape index (κ2) is 8.75. The Balaban J connectivity index is 1.23. The Hall–Kier alpha value is -3.07. The van der Waals surface area contributed by atoms with Crippen LogP contribution in [-0.2, 0) is 0 Å². The van der Waals surface area contributed by atoms with Crippen molar-refractivity contribution in [1.29, 1.82) is 0 Å². The molecule has 2 aromatic carbocycles. The van der Waals surface area contributed by atoms with Crippen molar-refractivity contribution < 1.29 is 9.47 Å². The maximum Gasteiger partial charge on any atom is 0.119 e. The Morgan fingerprint density at radius 2 is 1.43 bits per heavy atom. The number of aliphatic imine (C=N–C) groups is 1. The van der Waals surface area contributed by atoms with Gasteiger partial charge in [-0.25, -0.2) is 0 Å². The molecule has 3 nitrogen and oxygen atoms in total. The fourth-order valence-corrected chi connectivity index (χ4v) is 2.65. The van der Waals surface area contributed by atoms with Gasteiger partial charge in [-0.2, -0.15) is 0 Å². The minimum Gasteiger partial charge on any atom is -0.490 e. The van der Waals surface area contributed by atoms with Gasteiger partial charge in [-0.3, -0.25) is 4.99 Å². The molecule has 0 saturated heterocycles. The molecule has 2 saturated carbocycles. The standard InChI is InChI=1S/C25H25NO2/c1-19(21-6-10-23(11-7-21)28-25-14-15-25)3-2-17-26-18-16-20-4-8-22(9-5-20)27-24-12-13-24/h2-11,16-18,24-25H,1,12-15H2/b3-2-,18-16+,26-17-. The summed E-state index contributed by atoms with van der Waals surface area (Å²) in [6.07, 6.45) is 14.9. The number of hydrogen-bond acceptors (Lipinski definition) is 3. The van der Waals surface area contributed by atoms with Crippen LogP contribution >= 0.6 is 0 Å². The first-order valence-corrected chi connectivity index (χ1v) is 9.85. The predicted molar refractivity (Wildman–Crippen MR) is 116 cm³/mol. The van der Waals surface area contributed by atoms with Crippen LogP contribution in [0.2, 0.25) is 0 Å². The Morgan fingerprint density at radius 3 is 2.00 bits per heavy atom. The lowest BCUT2D eigenvalue weighted by atomic mass is 10.1. The van der Waals surface area contributed by atoms with Gasteiger partial charge in [-0.15, -0.1) is 0 Å². The highest BCUT2D eigenvalue weighted by atomic mass is 16.5. The van der Waals surface area contributed by atoms with Gasteiger partial charge in [0.15, 0.2) is 0 Å². The van der Waals surface area contributed by atoms with E-state index in [4.69, 9.17) is 9.47 Å². The molecule has 3 heteroatoms. The molecule has 0 spiro atoms. The van der Waals surface area contributed by atoms with Crippen LogP contribution in [0.15, 0.2) is 78.5 Å². The van der Waals surface area contributed by atoms with Gasteiger partial charge < -0.3 is 9.47 Å². The number of nitrogens with zero attached hydrogens (tertiary/aromatic N) is 1. The molecule has 0 N–H and O–H groups in total. The quantitative estimate of drug-likeness (QED) is 0.395. The number of allylic oxidation sites excluding steroid dienone is 3. The van der Waals surface area contributed by atoms with Crippen molar-refractivity contribution in [1.82, 2.24) is 0 Å². The predicted octanol–water partition coefficient (Wildman–Crippen LogP) is 6.08. The molecule has 0 unspecified atom stereocenters. The van der Waals surface area contributed by atoms with Crippen molar-refractivity contribution in [3.05, 3.63) is 84.6 Å². The van der Waals surface area contributed by atoms with Crippen molar-refractivity contribution in [3.8, 4) is 11.5 Å². The van der Waals surface area contributed by atoms with Gasteiger partial charge in [0.05, 0.1) is 12.2 Å². The first-order chi connectivity index (χ1) is 13.8. The Morgan fingerprint density at radius 1 is 0.857 bits per heavy atom. The summed E-state index contributed by atoms with van der Waals surface area (Å²) in [5.74, 6) is 1.87. The molecule has 0 atom stereocenters. The summed E-state index contributed by atoms with van der Waals surface area (Å²) in [6, 6.07) is 16.2. The number of benzene rings is 2. The smallest absolute Gasteiger partial charge is 0.119 e. The van der Waals surface area contributed by atoms with Crippen LogP contribution < -0.4 is 9.47 Å². The van der Waals surface area contributed by atoms with Crippen molar-refractivity contribution in [2.75, 3.05) is 0 Å². The molecule has 2 aliphatic carbocycles. The zero-order chi connectivity index (χ0) is 19.2. The van der Waals surface area contributed by atoms with Gasteiger partial charge in [0, 0.05) is 12.4 Å². The van der Waals surface area contributed by atoms with Gasteiger partial charge >= 0.3 is 0 Å². The zero-order valence-electron chi connectivity index (χ0n) is 16.0. The van der Waals surface area contributed by atoms with E-state index in [1.165, 1.54) is 25.7 Å². The van der Waals surface area contributed by atoms with Crippen molar-refractivity contribution in [2.24, 2.45) is 4.99 Å². The molecule has 0 bridgehead atoms. The molecule has 0 radical (unpaired) electrons. The van der Waals surface area contributed by atoms with Crippen LogP contribution in [-0.4, -0.2) is 18.4 Å². The fraction of sp³-hybridized carbons (Fsp3) is 0.240. The summed E-state index contributed by atoms with van der Waals surface area (Å²) < 4.78 is 11.5. The fourth-order valence-electron chi connectivity index (χ4n) is 2.65. The van der Waals surface area contributed by atoms with Crippen molar-refractivity contribution >= 4 is 17.9 Å². The lowest BCUT2D eigenvalue weighted by Gasteiger charge is -2.05. The molecule has 2 fully saturated rings. The van der Waals surface area contributed by atoms with E-state index in [-0.39, 0.29) is 0 Å². The lowest BCUT2D eigenvalue weighted by molar-refractivity contribution is 0.303. The van der Waals surface area contributed by atoms with E-state index in [1.807, 2.05) is 66.8 Å². The highest BCUT2D eigenvalue weighted by molar-refractivity contribution is 5.80. The van der Waals surface area contributed by atoms with E-state index in [1.54, 1.807) is 12.4 Å². The number of hydrogen-bond donors (Lipinski definition) is 0. The maximum absolute atomic E-state index is 5.76. The van der Waals surface area contributed by atoms with Gasteiger partial charge in [0.25, 0.3) is 0 Å². The molecule has 142 valence electrons. The van der Waals surface area contributed by atoms with Crippen LogP contribution in [0.1, 0.15) is 36.8 Å². The first kappa shape index (κ1) is 18.3. The molecule has 0 amide bonds. The third-order valence-electron chi connectivity index (χ3n) is 4.58. The van der Waals surface area contributed by atoms with Crippen molar-refractivity contribution in [3.63, 3.8) is 0 Å². The lowest BCUT2D eigenvalue weighted by Crippen LogP contribution is -1.95. The molecule has 2 aromatic rings. The second-order valence-electron chi connectivity index (χ2n) is 7.23. The second-order valence-corrected chi connectivity index (χ2v) is 7.23. The van der Waals surface area contributed by atoms with Crippen LogP contribution in [0.4, 0.5) is 0 Å². The van der Waals surface area contributed by atoms with Crippen LogP contribution in [0.3, 0.4) is 0 Å². The van der Waals surface area contributed by atoms with Crippen LogP contribution in [0.5, 0.6) is 11.5 Å². The highest BCUT2D eigenvalue weighted by Crippen LogP contribution is 2.28.